The van der Waals surface area contributed by atoms with Gasteiger partial charge < -0.3 is 9.64 Å². The van der Waals surface area contributed by atoms with Crippen LogP contribution in [0.3, 0.4) is 0 Å². The molecule has 5 nitrogen and oxygen atoms in total. The standard InChI is InChI=1S/C6H13N3O2/c1-8(7)6(10)9-2-4-11-5-3-9/h2-5,7H2,1H3. The Labute approximate surface area is 65.7 Å². The van der Waals surface area contributed by atoms with E-state index in [4.69, 9.17) is 10.6 Å². The van der Waals surface area contributed by atoms with Gasteiger partial charge in [-0.1, -0.05) is 0 Å². The minimum Gasteiger partial charge on any atom is -0.378 e. The molecular weight excluding hydrogens is 146 g/mol. The summed E-state index contributed by atoms with van der Waals surface area (Å²) in [4.78, 5) is 12.8. The molecule has 0 aromatic rings. The van der Waals surface area contributed by atoms with Crippen LogP contribution in [0.1, 0.15) is 0 Å². The van der Waals surface area contributed by atoms with Crippen molar-refractivity contribution in [2.75, 3.05) is 33.4 Å². The number of hydrazine groups is 1. The number of amides is 2. The van der Waals surface area contributed by atoms with Crippen molar-refractivity contribution in [2.24, 2.45) is 5.84 Å². The molecule has 1 aliphatic heterocycles. The third kappa shape index (κ3) is 2.06. The molecule has 0 radical (unpaired) electrons. The van der Waals surface area contributed by atoms with Crippen LogP contribution in [0.2, 0.25) is 0 Å². The zero-order chi connectivity index (χ0) is 8.27. The summed E-state index contributed by atoms with van der Waals surface area (Å²) in [6.07, 6.45) is 0. The summed E-state index contributed by atoms with van der Waals surface area (Å²) in [6.45, 7) is 2.50. The molecule has 0 unspecified atom stereocenters. The van der Waals surface area contributed by atoms with Crippen molar-refractivity contribution < 1.29 is 9.53 Å². The summed E-state index contributed by atoms with van der Waals surface area (Å²) in [5, 5.41) is 1.09. The third-order valence-corrected chi connectivity index (χ3v) is 1.58. The topological polar surface area (TPSA) is 58.8 Å². The summed E-state index contributed by atoms with van der Waals surface area (Å²) in [5.74, 6) is 5.27. The van der Waals surface area contributed by atoms with Crippen LogP contribution in [0, 0.1) is 0 Å². The maximum atomic E-state index is 11.2. The van der Waals surface area contributed by atoms with Gasteiger partial charge in [0.2, 0.25) is 0 Å². The van der Waals surface area contributed by atoms with Gasteiger partial charge in [-0.2, -0.15) is 0 Å². The summed E-state index contributed by atoms with van der Waals surface area (Å²) in [6, 6.07) is -0.145. The monoisotopic (exact) mass is 159 g/mol. The second-order valence-corrected chi connectivity index (χ2v) is 2.49. The molecule has 0 bridgehead atoms. The second kappa shape index (κ2) is 3.54. The quantitative estimate of drug-likeness (QED) is 0.287. The lowest BCUT2D eigenvalue weighted by atomic mass is 10.4. The van der Waals surface area contributed by atoms with E-state index in [0.29, 0.717) is 26.3 Å². The lowest BCUT2D eigenvalue weighted by Crippen LogP contribution is -2.49. The summed E-state index contributed by atoms with van der Waals surface area (Å²) >= 11 is 0. The Morgan fingerprint density at radius 2 is 2.09 bits per heavy atom. The molecule has 1 aliphatic rings. The molecule has 0 spiro atoms. The van der Waals surface area contributed by atoms with Crippen molar-refractivity contribution in [3.63, 3.8) is 0 Å². The van der Waals surface area contributed by atoms with Gasteiger partial charge in [0.05, 0.1) is 13.2 Å². The van der Waals surface area contributed by atoms with Gasteiger partial charge in [-0.25, -0.2) is 10.6 Å². The first-order valence-corrected chi connectivity index (χ1v) is 3.57. The number of nitrogens with zero attached hydrogens (tertiary/aromatic N) is 2. The number of carbonyl (C=O) groups excluding carboxylic acids is 1. The van der Waals surface area contributed by atoms with Crippen LogP contribution in [-0.4, -0.2) is 49.3 Å². The second-order valence-electron chi connectivity index (χ2n) is 2.49. The Morgan fingerprint density at radius 3 is 2.55 bits per heavy atom. The molecule has 1 saturated heterocycles. The Morgan fingerprint density at radius 1 is 1.55 bits per heavy atom. The Bertz CT molecular complexity index is 143. The van der Waals surface area contributed by atoms with Crippen LogP contribution in [0.4, 0.5) is 4.79 Å². The maximum absolute atomic E-state index is 11.2. The van der Waals surface area contributed by atoms with Gasteiger partial charge in [-0.3, -0.25) is 5.01 Å². The average Bonchev–Trinajstić information content (AvgIpc) is 2.05. The smallest absolute Gasteiger partial charge is 0.334 e. The van der Waals surface area contributed by atoms with Gasteiger partial charge in [0.25, 0.3) is 0 Å². The lowest BCUT2D eigenvalue weighted by molar-refractivity contribution is 0.0453. The largest absolute Gasteiger partial charge is 0.378 e. The number of hydrogen-bond donors (Lipinski definition) is 1. The van der Waals surface area contributed by atoms with Crippen molar-refractivity contribution in [1.29, 1.82) is 0 Å². The lowest BCUT2D eigenvalue weighted by Gasteiger charge is -2.28. The van der Waals surface area contributed by atoms with Crippen LogP contribution in [0.25, 0.3) is 0 Å². The SMILES string of the molecule is CN(N)C(=O)N1CCOCC1. The fourth-order valence-corrected chi connectivity index (χ4v) is 0.978. The minimum atomic E-state index is -0.145. The van der Waals surface area contributed by atoms with E-state index in [9.17, 15) is 4.79 Å². The van der Waals surface area contributed by atoms with Crippen LogP contribution >= 0.6 is 0 Å². The number of ether oxygens (including phenoxy) is 1. The number of morpholine rings is 1. The van der Waals surface area contributed by atoms with Crippen molar-refractivity contribution in [3.05, 3.63) is 0 Å². The van der Waals surface area contributed by atoms with Gasteiger partial charge in [-0.05, 0) is 0 Å². The summed E-state index contributed by atoms with van der Waals surface area (Å²) < 4.78 is 5.08. The molecule has 1 heterocycles. The van der Waals surface area contributed by atoms with Crippen LogP contribution < -0.4 is 5.84 Å². The van der Waals surface area contributed by atoms with Gasteiger partial charge in [0.1, 0.15) is 0 Å². The van der Waals surface area contributed by atoms with E-state index in [2.05, 4.69) is 0 Å². The number of hydrogen-bond acceptors (Lipinski definition) is 3. The highest BCUT2D eigenvalue weighted by molar-refractivity contribution is 5.73. The maximum Gasteiger partial charge on any atom is 0.334 e. The first kappa shape index (κ1) is 8.29. The van der Waals surface area contributed by atoms with E-state index < -0.39 is 0 Å². The number of rotatable bonds is 0. The van der Waals surface area contributed by atoms with Crippen molar-refractivity contribution >= 4 is 6.03 Å². The van der Waals surface area contributed by atoms with E-state index in [1.165, 1.54) is 7.05 Å². The van der Waals surface area contributed by atoms with Crippen molar-refractivity contribution in [2.45, 2.75) is 0 Å². The van der Waals surface area contributed by atoms with Gasteiger partial charge in [-0.15, -0.1) is 0 Å². The van der Waals surface area contributed by atoms with E-state index in [0.717, 1.165) is 5.01 Å². The van der Waals surface area contributed by atoms with Crippen molar-refractivity contribution in [1.82, 2.24) is 9.91 Å². The summed E-state index contributed by atoms with van der Waals surface area (Å²) in [7, 11) is 1.54. The normalized spacial score (nSPS) is 18.2. The molecule has 11 heavy (non-hydrogen) atoms. The van der Waals surface area contributed by atoms with Crippen molar-refractivity contribution in [3.8, 4) is 0 Å². The molecule has 1 rings (SSSR count). The molecule has 2 N–H and O–H groups in total. The molecule has 1 fully saturated rings. The highest BCUT2D eigenvalue weighted by Crippen LogP contribution is 1.98. The summed E-state index contributed by atoms with van der Waals surface area (Å²) in [5.41, 5.74) is 0. The highest BCUT2D eigenvalue weighted by atomic mass is 16.5. The molecule has 5 heteroatoms. The van der Waals surface area contributed by atoms with Gasteiger partial charge in [0, 0.05) is 20.1 Å². The van der Waals surface area contributed by atoms with Crippen LogP contribution in [0.5, 0.6) is 0 Å². The zero-order valence-corrected chi connectivity index (χ0v) is 6.62. The molecule has 2 amide bonds. The van der Waals surface area contributed by atoms with E-state index in [1.54, 1.807) is 4.90 Å². The first-order chi connectivity index (χ1) is 5.22. The molecule has 0 aliphatic carbocycles. The number of carbonyl (C=O) groups is 1. The predicted octanol–water partition coefficient (Wildman–Crippen LogP) is -0.756. The Balaban J connectivity index is 2.39. The molecule has 0 aromatic heterocycles. The van der Waals surface area contributed by atoms with E-state index in [-0.39, 0.29) is 6.03 Å². The third-order valence-electron chi connectivity index (χ3n) is 1.58. The van der Waals surface area contributed by atoms with Gasteiger partial charge in [0.15, 0.2) is 0 Å². The predicted molar refractivity (Wildman–Crippen MR) is 39.7 cm³/mol. The highest BCUT2D eigenvalue weighted by Gasteiger charge is 2.17. The Hall–Kier alpha value is -0.810. The molecule has 0 atom stereocenters. The van der Waals surface area contributed by atoms with Gasteiger partial charge >= 0.3 is 6.03 Å². The van der Waals surface area contributed by atoms with E-state index >= 15 is 0 Å². The molecular formula is C6H13N3O2. The molecule has 0 saturated carbocycles. The molecule has 64 valence electrons. The minimum absolute atomic E-state index is 0.145. The fourth-order valence-electron chi connectivity index (χ4n) is 0.978. The van der Waals surface area contributed by atoms with Crippen LogP contribution in [0.15, 0.2) is 0 Å². The number of urea groups is 1. The zero-order valence-electron chi connectivity index (χ0n) is 6.62. The Kier molecular flexibility index (Phi) is 2.67. The first-order valence-electron chi connectivity index (χ1n) is 3.57. The van der Waals surface area contributed by atoms with E-state index in [1.807, 2.05) is 0 Å². The average molecular weight is 159 g/mol. The van der Waals surface area contributed by atoms with Crippen LogP contribution in [-0.2, 0) is 4.74 Å². The molecule has 0 aromatic carbocycles. The number of nitrogens with two attached hydrogens (primary N) is 1. The fraction of sp³-hybridized carbons (Fsp3) is 0.833.